The largest absolute Gasteiger partial charge is 0.483 e. The smallest absolute Gasteiger partial charge is 0.271 e. The maximum atomic E-state index is 13.2. The quantitative estimate of drug-likeness (QED) is 0.239. The number of non-ortho nitro benzene ring substituents is 1. The second-order valence-corrected chi connectivity index (χ2v) is 9.09. The van der Waals surface area contributed by atoms with E-state index in [9.17, 15) is 19.3 Å². The summed E-state index contributed by atoms with van der Waals surface area (Å²) >= 11 is 1.22. The fourth-order valence-electron chi connectivity index (χ4n) is 3.19. The lowest BCUT2D eigenvalue weighted by Gasteiger charge is -2.18. The SMILES string of the molecule is Cc1ccc([N+](=O)[O-])cc1NC(=O)CSc1nnc(C(C)Oc2ccc(F)cc2)n1CC(C)C. The zero-order valence-corrected chi connectivity index (χ0v) is 20.1. The van der Waals surface area contributed by atoms with Gasteiger partial charge < -0.3 is 14.6 Å². The lowest BCUT2D eigenvalue weighted by atomic mass is 10.2. The number of halogens is 1. The highest BCUT2D eigenvalue weighted by Crippen LogP contribution is 2.27. The number of thioether (sulfide) groups is 1. The van der Waals surface area contributed by atoms with Crippen molar-refractivity contribution < 1.29 is 18.8 Å². The number of anilines is 1. The molecule has 0 bridgehead atoms. The number of nitrogens with zero attached hydrogens (tertiary/aromatic N) is 4. The lowest BCUT2D eigenvalue weighted by molar-refractivity contribution is -0.384. The molecular formula is C23H26FN5O4S. The van der Waals surface area contributed by atoms with Gasteiger partial charge in [-0.25, -0.2) is 4.39 Å². The third-order valence-corrected chi connectivity index (χ3v) is 5.79. The summed E-state index contributed by atoms with van der Waals surface area (Å²) in [5.41, 5.74) is 1.02. The Kier molecular flexibility index (Phi) is 8.21. The zero-order chi connectivity index (χ0) is 24.8. The first-order valence-electron chi connectivity index (χ1n) is 10.7. The summed E-state index contributed by atoms with van der Waals surface area (Å²) in [7, 11) is 0. The number of nitro groups is 1. The maximum Gasteiger partial charge on any atom is 0.271 e. The number of nitrogens with one attached hydrogen (secondary N) is 1. The van der Waals surface area contributed by atoms with Crippen LogP contribution in [0.3, 0.4) is 0 Å². The van der Waals surface area contributed by atoms with Crippen LogP contribution in [-0.2, 0) is 11.3 Å². The van der Waals surface area contributed by atoms with Gasteiger partial charge in [-0.1, -0.05) is 31.7 Å². The Morgan fingerprint density at radius 2 is 1.91 bits per heavy atom. The van der Waals surface area contributed by atoms with E-state index in [4.69, 9.17) is 4.74 Å². The summed E-state index contributed by atoms with van der Waals surface area (Å²) in [5, 5.41) is 22.8. The molecule has 9 nitrogen and oxygen atoms in total. The minimum atomic E-state index is -0.505. The van der Waals surface area contributed by atoms with Gasteiger partial charge in [0.25, 0.3) is 5.69 Å². The Bertz CT molecular complexity index is 1170. The molecule has 0 aliphatic heterocycles. The van der Waals surface area contributed by atoms with Gasteiger partial charge in [-0.05, 0) is 49.6 Å². The molecule has 0 saturated heterocycles. The molecule has 1 N–H and O–H groups in total. The van der Waals surface area contributed by atoms with Gasteiger partial charge in [0, 0.05) is 18.7 Å². The molecule has 1 unspecified atom stereocenters. The van der Waals surface area contributed by atoms with Crippen molar-refractivity contribution in [2.24, 2.45) is 5.92 Å². The predicted molar refractivity (Wildman–Crippen MR) is 127 cm³/mol. The van der Waals surface area contributed by atoms with Crippen LogP contribution in [0.2, 0.25) is 0 Å². The summed E-state index contributed by atoms with van der Waals surface area (Å²) < 4.78 is 21.0. The van der Waals surface area contributed by atoms with Crippen molar-refractivity contribution in [1.29, 1.82) is 0 Å². The summed E-state index contributed by atoms with van der Waals surface area (Å²) in [6.07, 6.45) is -0.451. The van der Waals surface area contributed by atoms with Crippen molar-refractivity contribution in [3.63, 3.8) is 0 Å². The summed E-state index contributed by atoms with van der Waals surface area (Å²) in [6, 6.07) is 10.1. The van der Waals surface area contributed by atoms with Gasteiger partial charge in [-0.3, -0.25) is 14.9 Å². The highest BCUT2D eigenvalue weighted by atomic mass is 32.2. The van der Waals surface area contributed by atoms with Crippen molar-refractivity contribution >= 4 is 29.0 Å². The van der Waals surface area contributed by atoms with Crippen molar-refractivity contribution in [3.05, 3.63) is 69.8 Å². The number of carbonyl (C=O) groups is 1. The van der Waals surface area contributed by atoms with E-state index >= 15 is 0 Å². The number of hydrogen-bond acceptors (Lipinski definition) is 7. The lowest BCUT2D eigenvalue weighted by Crippen LogP contribution is -2.17. The molecule has 3 rings (SSSR count). The van der Waals surface area contributed by atoms with Crippen molar-refractivity contribution in [2.75, 3.05) is 11.1 Å². The van der Waals surface area contributed by atoms with Crippen LogP contribution in [0.1, 0.15) is 38.3 Å². The Hall–Kier alpha value is -3.47. The van der Waals surface area contributed by atoms with Gasteiger partial charge in [-0.15, -0.1) is 10.2 Å². The number of carbonyl (C=O) groups excluding carboxylic acids is 1. The normalized spacial score (nSPS) is 11.9. The Morgan fingerprint density at radius 1 is 1.21 bits per heavy atom. The van der Waals surface area contributed by atoms with Crippen LogP contribution in [0.4, 0.5) is 15.8 Å². The molecule has 3 aromatic rings. The molecule has 1 amide bonds. The van der Waals surface area contributed by atoms with Crippen LogP contribution in [0.25, 0.3) is 0 Å². The molecule has 0 aliphatic rings. The molecule has 180 valence electrons. The van der Waals surface area contributed by atoms with Crippen LogP contribution < -0.4 is 10.1 Å². The van der Waals surface area contributed by atoms with E-state index < -0.39 is 11.0 Å². The standard InChI is InChI=1S/C23H26FN5O4S/c1-14(2)12-28-22(16(4)33-19-9-6-17(24)7-10-19)26-27-23(28)34-13-21(30)25-20-11-18(29(31)32)8-5-15(20)3/h5-11,14,16H,12-13H2,1-4H3,(H,25,30). The van der Waals surface area contributed by atoms with Gasteiger partial charge in [-0.2, -0.15) is 0 Å². The average Bonchev–Trinajstić information content (AvgIpc) is 3.17. The minimum Gasteiger partial charge on any atom is -0.483 e. The van der Waals surface area contributed by atoms with Crippen molar-refractivity contribution in [3.8, 4) is 5.75 Å². The van der Waals surface area contributed by atoms with Crippen LogP contribution in [0.5, 0.6) is 5.75 Å². The van der Waals surface area contributed by atoms with E-state index in [0.717, 1.165) is 5.56 Å². The van der Waals surface area contributed by atoms with E-state index in [1.807, 2.05) is 11.5 Å². The maximum absolute atomic E-state index is 13.2. The third-order valence-electron chi connectivity index (χ3n) is 4.82. The van der Waals surface area contributed by atoms with E-state index in [1.165, 1.54) is 36.0 Å². The highest BCUT2D eigenvalue weighted by molar-refractivity contribution is 7.99. The Labute approximate surface area is 200 Å². The Balaban J connectivity index is 1.71. The molecule has 0 fully saturated rings. The second kappa shape index (κ2) is 11.1. The fraction of sp³-hybridized carbons (Fsp3) is 0.348. The van der Waals surface area contributed by atoms with Gasteiger partial charge in [0.1, 0.15) is 11.6 Å². The molecule has 2 aromatic carbocycles. The number of benzene rings is 2. The number of ether oxygens (including phenoxy) is 1. The van der Waals surface area contributed by atoms with E-state index in [-0.39, 0.29) is 29.1 Å². The molecule has 0 aliphatic carbocycles. The van der Waals surface area contributed by atoms with Crippen molar-refractivity contribution in [2.45, 2.75) is 45.5 Å². The topological polar surface area (TPSA) is 112 Å². The molecule has 0 saturated carbocycles. The molecule has 34 heavy (non-hydrogen) atoms. The molecule has 1 aromatic heterocycles. The molecule has 0 radical (unpaired) electrons. The first kappa shape index (κ1) is 25.2. The van der Waals surface area contributed by atoms with Gasteiger partial charge in [0.15, 0.2) is 17.1 Å². The van der Waals surface area contributed by atoms with Gasteiger partial charge >= 0.3 is 0 Å². The number of aromatic nitrogens is 3. The number of amides is 1. The predicted octanol–water partition coefficient (Wildman–Crippen LogP) is 5.16. The van der Waals surface area contributed by atoms with E-state index in [1.54, 1.807) is 25.1 Å². The summed E-state index contributed by atoms with van der Waals surface area (Å²) in [6.45, 7) is 8.33. The highest BCUT2D eigenvalue weighted by Gasteiger charge is 2.21. The first-order valence-corrected chi connectivity index (χ1v) is 11.7. The molecule has 0 spiro atoms. The van der Waals surface area contributed by atoms with Crippen LogP contribution >= 0.6 is 11.8 Å². The monoisotopic (exact) mass is 487 g/mol. The molecule has 11 heteroatoms. The molecule has 1 heterocycles. The first-order chi connectivity index (χ1) is 16.1. The second-order valence-electron chi connectivity index (χ2n) is 8.15. The van der Waals surface area contributed by atoms with Crippen LogP contribution in [-0.4, -0.2) is 31.3 Å². The summed E-state index contributed by atoms with van der Waals surface area (Å²) in [5.74, 6) is 0.772. The Morgan fingerprint density at radius 3 is 2.56 bits per heavy atom. The molecule has 1 atom stereocenters. The van der Waals surface area contributed by atoms with Crippen LogP contribution in [0.15, 0.2) is 47.6 Å². The van der Waals surface area contributed by atoms with E-state index in [2.05, 4.69) is 29.4 Å². The average molecular weight is 488 g/mol. The third kappa shape index (κ3) is 6.53. The fourth-order valence-corrected chi connectivity index (χ4v) is 3.94. The van der Waals surface area contributed by atoms with E-state index in [0.29, 0.717) is 29.0 Å². The number of aryl methyl sites for hydroxylation is 1. The zero-order valence-electron chi connectivity index (χ0n) is 19.3. The van der Waals surface area contributed by atoms with Gasteiger partial charge in [0.2, 0.25) is 5.91 Å². The minimum absolute atomic E-state index is 0.0472. The molecular weight excluding hydrogens is 461 g/mol. The van der Waals surface area contributed by atoms with Crippen LogP contribution in [0, 0.1) is 28.8 Å². The number of nitro benzene ring substituents is 1. The summed E-state index contributed by atoms with van der Waals surface area (Å²) in [4.78, 5) is 23.1. The number of hydrogen-bond donors (Lipinski definition) is 1. The van der Waals surface area contributed by atoms with Crippen molar-refractivity contribution in [1.82, 2.24) is 14.8 Å². The van der Waals surface area contributed by atoms with Gasteiger partial charge in [0.05, 0.1) is 16.4 Å². The number of rotatable bonds is 10.